The van der Waals surface area contributed by atoms with E-state index in [2.05, 4.69) is 43.4 Å². The van der Waals surface area contributed by atoms with Crippen molar-refractivity contribution in [2.24, 2.45) is 0 Å². The van der Waals surface area contributed by atoms with E-state index in [0.717, 1.165) is 38.5 Å². The first-order valence-electron chi connectivity index (χ1n) is 9.57. The Kier molecular flexibility index (Phi) is 16.3. The molecule has 0 saturated carbocycles. The van der Waals surface area contributed by atoms with E-state index in [9.17, 15) is 5.11 Å². The molecule has 0 aromatic rings. The zero-order valence-electron chi connectivity index (χ0n) is 15.5. The fraction of sp³-hybridized carbons (Fsp3) is 0.714. The molecular formula is C21H38O3. The van der Waals surface area contributed by atoms with Crippen molar-refractivity contribution < 1.29 is 15.3 Å². The van der Waals surface area contributed by atoms with Gasteiger partial charge in [0.2, 0.25) is 0 Å². The van der Waals surface area contributed by atoms with Crippen molar-refractivity contribution in [3.8, 4) is 0 Å². The van der Waals surface area contributed by atoms with Gasteiger partial charge in [-0.15, -0.1) is 0 Å². The van der Waals surface area contributed by atoms with Crippen LogP contribution in [0.3, 0.4) is 0 Å². The third-order valence-corrected chi connectivity index (χ3v) is 4.12. The minimum absolute atomic E-state index is 0.371. The lowest BCUT2D eigenvalue weighted by molar-refractivity contribution is -0.0616. The minimum atomic E-state index is -1.30. The third-order valence-electron chi connectivity index (χ3n) is 4.12. The molecule has 0 heterocycles. The summed E-state index contributed by atoms with van der Waals surface area (Å²) in [7, 11) is 0. The van der Waals surface area contributed by atoms with Gasteiger partial charge in [0.05, 0.1) is 13.2 Å². The van der Waals surface area contributed by atoms with Gasteiger partial charge in [-0.3, -0.25) is 0 Å². The SMILES string of the molecule is CCCCC/C=C\C/C=C\C/C=C\CCCCCC(O)(CO)CO. The normalized spacial score (nSPS) is 13.0. The van der Waals surface area contributed by atoms with Crippen LogP contribution in [0.25, 0.3) is 0 Å². The van der Waals surface area contributed by atoms with Gasteiger partial charge >= 0.3 is 0 Å². The second-order valence-electron chi connectivity index (χ2n) is 6.52. The van der Waals surface area contributed by atoms with Crippen molar-refractivity contribution in [3.63, 3.8) is 0 Å². The van der Waals surface area contributed by atoms with Crippen molar-refractivity contribution in [2.75, 3.05) is 13.2 Å². The summed E-state index contributed by atoms with van der Waals surface area (Å²) in [6, 6.07) is 0. The molecule has 3 N–H and O–H groups in total. The Bertz CT molecular complexity index is 341. The maximum Gasteiger partial charge on any atom is 0.111 e. The molecule has 0 saturated heterocycles. The quantitative estimate of drug-likeness (QED) is 0.283. The molecule has 0 bridgehead atoms. The Morgan fingerprint density at radius 2 is 1.17 bits per heavy atom. The average molecular weight is 339 g/mol. The van der Waals surface area contributed by atoms with Crippen molar-refractivity contribution in [3.05, 3.63) is 36.5 Å². The van der Waals surface area contributed by atoms with E-state index < -0.39 is 5.60 Å². The summed E-state index contributed by atoms with van der Waals surface area (Å²) in [5.41, 5.74) is -1.30. The minimum Gasteiger partial charge on any atom is -0.393 e. The van der Waals surface area contributed by atoms with Gasteiger partial charge in [0.15, 0.2) is 0 Å². The van der Waals surface area contributed by atoms with Crippen LogP contribution in [0.5, 0.6) is 0 Å². The van der Waals surface area contributed by atoms with E-state index in [0.29, 0.717) is 6.42 Å². The van der Waals surface area contributed by atoms with Gasteiger partial charge in [-0.1, -0.05) is 69.1 Å². The highest BCUT2D eigenvalue weighted by atomic mass is 16.4. The van der Waals surface area contributed by atoms with Crippen LogP contribution in [0.4, 0.5) is 0 Å². The van der Waals surface area contributed by atoms with Crippen LogP contribution >= 0.6 is 0 Å². The number of aliphatic hydroxyl groups excluding tert-OH is 2. The maximum absolute atomic E-state index is 9.72. The van der Waals surface area contributed by atoms with E-state index in [4.69, 9.17) is 10.2 Å². The molecule has 3 nitrogen and oxygen atoms in total. The first kappa shape index (κ1) is 23.1. The van der Waals surface area contributed by atoms with E-state index in [1.807, 2.05) is 0 Å². The lowest BCUT2D eigenvalue weighted by Crippen LogP contribution is -2.37. The number of allylic oxidation sites excluding steroid dienone is 6. The highest BCUT2D eigenvalue weighted by molar-refractivity contribution is 4.97. The summed E-state index contributed by atoms with van der Waals surface area (Å²) >= 11 is 0. The molecule has 0 atom stereocenters. The van der Waals surface area contributed by atoms with Crippen molar-refractivity contribution in [1.82, 2.24) is 0 Å². The molecule has 3 heteroatoms. The lowest BCUT2D eigenvalue weighted by Gasteiger charge is -2.22. The number of unbranched alkanes of at least 4 members (excludes halogenated alkanes) is 6. The molecule has 0 amide bonds. The summed E-state index contributed by atoms with van der Waals surface area (Å²) in [6.07, 6.45) is 24.9. The third kappa shape index (κ3) is 14.7. The molecule has 0 radical (unpaired) electrons. The smallest absolute Gasteiger partial charge is 0.111 e. The lowest BCUT2D eigenvalue weighted by atomic mass is 9.97. The van der Waals surface area contributed by atoms with Crippen molar-refractivity contribution in [2.45, 2.75) is 83.2 Å². The Morgan fingerprint density at radius 1 is 0.667 bits per heavy atom. The average Bonchev–Trinajstić information content (AvgIpc) is 2.61. The van der Waals surface area contributed by atoms with Crippen LogP contribution in [-0.4, -0.2) is 34.1 Å². The molecule has 0 aliphatic carbocycles. The molecule has 0 rings (SSSR count). The second-order valence-corrected chi connectivity index (χ2v) is 6.52. The molecule has 0 fully saturated rings. The summed E-state index contributed by atoms with van der Waals surface area (Å²) < 4.78 is 0. The van der Waals surface area contributed by atoms with Crippen molar-refractivity contribution in [1.29, 1.82) is 0 Å². The predicted molar refractivity (Wildman–Crippen MR) is 103 cm³/mol. The predicted octanol–water partition coefficient (Wildman–Crippen LogP) is 4.68. The molecule has 24 heavy (non-hydrogen) atoms. The monoisotopic (exact) mass is 338 g/mol. The molecule has 0 aliphatic heterocycles. The summed E-state index contributed by atoms with van der Waals surface area (Å²) in [5, 5.41) is 27.7. The Morgan fingerprint density at radius 3 is 1.67 bits per heavy atom. The number of hydrogen-bond donors (Lipinski definition) is 3. The Balaban J connectivity index is 3.45. The first-order valence-corrected chi connectivity index (χ1v) is 9.57. The zero-order valence-corrected chi connectivity index (χ0v) is 15.5. The molecule has 0 aromatic carbocycles. The van der Waals surface area contributed by atoms with Crippen LogP contribution in [0.1, 0.15) is 77.6 Å². The fourth-order valence-corrected chi connectivity index (χ4v) is 2.39. The summed E-state index contributed by atoms with van der Waals surface area (Å²) in [4.78, 5) is 0. The largest absolute Gasteiger partial charge is 0.393 e. The summed E-state index contributed by atoms with van der Waals surface area (Å²) in [5.74, 6) is 0. The van der Waals surface area contributed by atoms with Crippen molar-refractivity contribution >= 4 is 0 Å². The maximum atomic E-state index is 9.72. The van der Waals surface area contributed by atoms with Gasteiger partial charge in [0.25, 0.3) is 0 Å². The van der Waals surface area contributed by atoms with Gasteiger partial charge in [0.1, 0.15) is 5.60 Å². The Labute approximate surface area is 148 Å². The van der Waals surface area contributed by atoms with Crippen LogP contribution in [0, 0.1) is 0 Å². The highest BCUT2D eigenvalue weighted by Gasteiger charge is 2.23. The first-order chi connectivity index (χ1) is 11.7. The van der Waals surface area contributed by atoms with Gasteiger partial charge in [-0.2, -0.15) is 0 Å². The van der Waals surface area contributed by atoms with Gasteiger partial charge in [0, 0.05) is 0 Å². The van der Waals surface area contributed by atoms with Gasteiger partial charge in [-0.05, 0) is 44.9 Å². The van der Waals surface area contributed by atoms with E-state index >= 15 is 0 Å². The molecule has 0 aliphatic rings. The van der Waals surface area contributed by atoms with E-state index in [-0.39, 0.29) is 13.2 Å². The molecule has 140 valence electrons. The molecule has 0 spiro atoms. The van der Waals surface area contributed by atoms with Crippen LogP contribution in [-0.2, 0) is 0 Å². The van der Waals surface area contributed by atoms with Gasteiger partial charge in [-0.25, -0.2) is 0 Å². The van der Waals surface area contributed by atoms with E-state index in [1.165, 1.54) is 25.7 Å². The van der Waals surface area contributed by atoms with Crippen LogP contribution < -0.4 is 0 Å². The fourth-order valence-electron chi connectivity index (χ4n) is 2.39. The topological polar surface area (TPSA) is 60.7 Å². The standard InChI is InChI=1S/C21H38O3/c1-2-3-4-5-6-7-8-9-10-11-12-13-14-15-16-17-18-21(24,19-22)20-23/h6-7,9-10,12-13,22-24H,2-5,8,11,14-20H2,1H3/b7-6-,10-9-,13-12-. The second kappa shape index (κ2) is 16.9. The van der Waals surface area contributed by atoms with Crippen LogP contribution in [0.15, 0.2) is 36.5 Å². The van der Waals surface area contributed by atoms with Crippen LogP contribution in [0.2, 0.25) is 0 Å². The molecule has 0 unspecified atom stereocenters. The molecular weight excluding hydrogens is 300 g/mol. The number of hydrogen-bond acceptors (Lipinski definition) is 3. The van der Waals surface area contributed by atoms with Gasteiger partial charge < -0.3 is 15.3 Å². The highest BCUT2D eigenvalue weighted by Crippen LogP contribution is 2.14. The Hall–Kier alpha value is -0.900. The summed E-state index contributed by atoms with van der Waals surface area (Å²) in [6.45, 7) is 1.49. The number of rotatable bonds is 16. The van der Waals surface area contributed by atoms with E-state index in [1.54, 1.807) is 0 Å². The number of aliphatic hydroxyl groups is 3. The zero-order chi connectivity index (χ0) is 17.9. The molecule has 0 aromatic heterocycles.